The summed E-state index contributed by atoms with van der Waals surface area (Å²) in [6.07, 6.45) is 0.915. The maximum atomic E-state index is 10.9. The SMILES string of the molecule is Cc1ccc2c(c1)[C@@H](c1ccccc1)C[C@@H](c1ccc([N+](=O)[O-])cc1)N2. The predicted molar refractivity (Wildman–Crippen MR) is 104 cm³/mol. The van der Waals surface area contributed by atoms with E-state index in [1.54, 1.807) is 12.1 Å². The van der Waals surface area contributed by atoms with Crippen LogP contribution in [-0.2, 0) is 0 Å². The van der Waals surface area contributed by atoms with Crippen LogP contribution in [-0.4, -0.2) is 4.92 Å². The third kappa shape index (κ3) is 3.06. The summed E-state index contributed by atoms with van der Waals surface area (Å²) < 4.78 is 0. The summed E-state index contributed by atoms with van der Waals surface area (Å²) in [4.78, 5) is 10.6. The summed E-state index contributed by atoms with van der Waals surface area (Å²) in [6.45, 7) is 2.12. The molecule has 4 nitrogen and oxygen atoms in total. The van der Waals surface area contributed by atoms with Crippen LogP contribution in [0, 0.1) is 17.0 Å². The van der Waals surface area contributed by atoms with Gasteiger partial charge in [-0.3, -0.25) is 10.1 Å². The van der Waals surface area contributed by atoms with Crippen LogP contribution >= 0.6 is 0 Å². The van der Waals surface area contributed by atoms with E-state index in [1.165, 1.54) is 16.7 Å². The first-order valence-corrected chi connectivity index (χ1v) is 8.78. The number of nitrogens with zero attached hydrogens (tertiary/aromatic N) is 1. The van der Waals surface area contributed by atoms with Crippen LogP contribution < -0.4 is 5.32 Å². The monoisotopic (exact) mass is 344 g/mol. The molecule has 0 aromatic heterocycles. The average molecular weight is 344 g/mol. The fourth-order valence-electron chi connectivity index (χ4n) is 3.76. The molecule has 130 valence electrons. The molecule has 26 heavy (non-hydrogen) atoms. The molecule has 0 fully saturated rings. The number of nitro benzene ring substituents is 1. The first-order valence-electron chi connectivity index (χ1n) is 8.78. The number of anilines is 1. The first kappa shape index (κ1) is 16.3. The van der Waals surface area contributed by atoms with Crippen LogP contribution in [0.1, 0.15) is 40.6 Å². The Kier molecular flexibility index (Phi) is 4.17. The molecule has 0 spiro atoms. The van der Waals surface area contributed by atoms with Crippen molar-refractivity contribution in [3.63, 3.8) is 0 Å². The molecule has 1 heterocycles. The van der Waals surface area contributed by atoms with Gasteiger partial charge in [0.05, 0.1) is 11.0 Å². The van der Waals surface area contributed by atoms with E-state index >= 15 is 0 Å². The number of rotatable bonds is 3. The predicted octanol–water partition coefficient (Wildman–Crippen LogP) is 5.59. The molecular formula is C22H20N2O2. The van der Waals surface area contributed by atoms with E-state index in [0.29, 0.717) is 5.92 Å². The van der Waals surface area contributed by atoms with Gasteiger partial charge < -0.3 is 5.32 Å². The molecule has 4 rings (SSSR count). The highest BCUT2D eigenvalue weighted by molar-refractivity contribution is 5.60. The molecule has 1 N–H and O–H groups in total. The maximum absolute atomic E-state index is 10.9. The van der Waals surface area contributed by atoms with Crippen molar-refractivity contribution in [1.29, 1.82) is 0 Å². The normalized spacial score (nSPS) is 18.7. The van der Waals surface area contributed by atoms with Crippen molar-refractivity contribution in [2.75, 3.05) is 5.32 Å². The Bertz CT molecular complexity index is 936. The Labute approximate surface area is 152 Å². The highest BCUT2D eigenvalue weighted by Gasteiger charge is 2.28. The van der Waals surface area contributed by atoms with Crippen LogP contribution in [0.2, 0.25) is 0 Å². The number of nitrogens with one attached hydrogen (secondary N) is 1. The van der Waals surface area contributed by atoms with E-state index in [2.05, 4.69) is 54.7 Å². The van der Waals surface area contributed by atoms with E-state index in [-0.39, 0.29) is 16.7 Å². The van der Waals surface area contributed by atoms with Gasteiger partial charge in [0, 0.05) is 23.7 Å². The zero-order valence-electron chi connectivity index (χ0n) is 14.6. The molecule has 1 aliphatic rings. The minimum Gasteiger partial charge on any atom is -0.378 e. The molecule has 0 radical (unpaired) electrons. The van der Waals surface area contributed by atoms with Crippen LogP contribution in [0.4, 0.5) is 11.4 Å². The molecule has 3 aromatic rings. The summed E-state index contributed by atoms with van der Waals surface area (Å²) in [6, 6.07) is 24.1. The van der Waals surface area contributed by atoms with Gasteiger partial charge in [0.25, 0.3) is 5.69 Å². The number of nitro groups is 1. The van der Waals surface area contributed by atoms with Crippen molar-refractivity contribution in [2.24, 2.45) is 0 Å². The summed E-state index contributed by atoms with van der Waals surface area (Å²) in [5, 5.41) is 14.5. The minimum absolute atomic E-state index is 0.121. The third-order valence-corrected chi connectivity index (χ3v) is 5.09. The molecule has 0 bridgehead atoms. The second-order valence-corrected chi connectivity index (χ2v) is 6.84. The zero-order valence-corrected chi connectivity index (χ0v) is 14.6. The molecule has 0 saturated heterocycles. The van der Waals surface area contributed by atoms with E-state index in [0.717, 1.165) is 17.7 Å². The van der Waals surface area contributed by atoms with Gasteiger partial charge in [-0.05, 0) is 36.1 Å². The molecule has 1 aliphatic heterocycles. The topological polar surface area (TPSA) is 55.2 Å². The quantitative estimate of drug-likeness (QED) is 0.497. The van der Waals surface area contributed by atoms with Gasteiger partial charge >= 0.3 is 0 Å². The average Bonchev–Trinajstić information content (AvgIpc) is 2.68. The van der Waals surface area contributed by atoms with Crippen LogP contribution in [0.15, 0.2) is 72.8 Å². The molecule has 4 heteroatoms. The highest BCUT2D eigenvalue weighted by Crippen LogP contribution is 2.44. The molecule has 0 amide bonds. The Morgan fingerprint density at radius 1 is 0.962 bits per heavy atom. The van der Waals surface area contributed by atoms with Crippen molar-refractivity contribution in [2.45, 2.75) is 25.3 Å². The van der Waals surface area contributed by atoms with E-state index in [9.17, 15) is 10.1 Å². The molecule has 3 aromatic carbocycles. The van der Waals surface area contributed by atoms with Gasteiger partial charge in [0.15, 0.2) is 0 Å². The third-order valence-electron chi connectivity index (χ3n) is 5.09. The van der Waals surface area contributed by atoms with Gasteiger partial charge in [-0.15, -0.1) is 0 Å². The number of benzene rings is 3. The number of hydrogen-bond donors (Lipinski definition) is 1. The second kappa shape index (κ2) is 6.64. The van der Waals surface area contributed by atoms with Crippen molar-refractivity contribution < 1.29 is 4.92 Å². The highest BCUT2D eigenvalue weighted by atomic mass is 16.6. The lowest BCUT2D eigenvalue weighted by atomic mass is 9.80. The maximum Gasteiger partial charge on any atom is 0.269 e. The van der Waals surface area contributed by atoms with E-state index in [4.69, 9.17) is 0 Å². The van der Waals surface area contributed by atoms with Crippen molar-refractivity contribution in [1.82, 2.24) is 0 Å². The zero-order chi connectivity index (χ0) is 18.1. The van der Waals surface area contributed by atoms with Crippen molar-refractivity contribution in [3.8, 4) is 0 Å². The largest absolute Gasteiger partial charge is 0.378 e. The Balaban J connectivity index is 1.73. The summed E-state index contributed by atoms with van der Waals surface area (Å²) in [7, 11) is 0. The summed E-state index contributed by atoms with van der Waals surface area (Å²) >= 11 is 0. The van der Waals surface area contributed by atoms with Crippen LogP contribution in [0.3, 0.4) is 0 Å². The molecule has 0 unspecified atom stereocenters. The van der Waals surface area contributed by atoms with Crippen LogP contribution in [0.25, 0.3) is 0 Å². The Hall–Kier alpha value is -3.14. The van der Waals surface area contributed by atoms with Gasteiger partial charge in [-0.25, -0.2) is 0 Å². The number of hydrogen-bond acceptors (Lipinski definition) is 3. The molecule has 2 atom stereocenters. The fourth-order valence-corrected chi connectivity index (χ4v) is 3.76. The Morgan fingerprint density at radius 2 is 1.69 bits per heavy atom. The molecular weight excluding hydrogens is 324 g/mol. The lowest BCUT2D eigenvalue weighted by molar-refractivity contribution is -0.384. The smallest absolute Gasteiger partial charge is 0.269 e. The van der Waals surface area contributed by atoms with Crippen molar-refractivity contribution in [3.05, 3.63) is 105 Å². The Morgan fingerprint density at radius 3 is 2.38 bits per heavy atom. The number of non-ortho nitro benzene ring substituents is 1. The van der Waals surface area contributed by atoms with Gasteiger partial charge in [-0.2, -0.15) is 0 Å². The summed E-state index contributed by atoms with van der Waals surface area (Å²) in [5.41, 5.74) is 6.20. The van der Waals surface area contributed by atoms with E-state index < -0.39 is 0 Å². The standard InChI is InChI=1S/C22H20N2O2/c1-15-7-12-21-20(13-15)19(16-5-3-2-4-6-16)14-22(23-21)17-8-10-18(11-9-17)24(25)26/h2-13,19,22-23H,14H2,1H3/t19-,22+/m1/s1. The van der Waals surface area contributed by atoms with Gasteiger partial charge in [0.1, 0.15) is 0 Å². The number of fused-ring (bicyclic) bond motifs is 1. The van der Waals surface area contributed by atoms with Gasteiger partial charge in [-0.1, -0.05) is 60.2 Å². The summed E-state index contributed by atoms with van der Waals surface area (Å²) in [5.74, 6) is 0.299. The van der Waals surface area contributed by atoms with Crippen LogP contribution in [0.5, 0.6) is 0 Å². The molecule has 0 aliphatic carbocycles. The van der Waals surface area contributed by atoms with E-state index in [1.807, 2.05) is 18.2 Å². The fraction of sp³-hybridized carbons (Fsp3) is 0.182. The molecule has 0 saturated carbocycles. The van der Waals surface area contributed by atoms with Crippen molar-refractivity contribution >= 4 is 11.4 Å². The minimum atomic E-state index is -0.358. The van der Waals surface area contributed by atoms with Gasteiger partial charge in [0.2, 0.25) is 0 Å². The number of aryl methyl sites for hydroxylation is 1. The second-order valence-electron chi connectivity index (χ2n) is 6.84. The lowest BCUT2D eigenvalue weighted by Crippen LogP contribution is -2.22. The lowest BCUT2D eigenvalue weighted by Gasteiger charge is -2.34. The first-order chi connectivity index (χ1) is 12.6.